The van der Waals surface area contributed by atoms with Crippen LogP contribution in [0.4, 0.5) is 0 Å². The van der Waals surface area contributed by atoms with Crippen molar-refractivity contribution in [3.8, 4) is 35.8 Å². The highest BCUT2D eigenvalue weighted by Gasteiger charge is 2.46. The average Bonchev–Trinajstić information content (AvgIpc) is 2.85. The van der Waals surface area contributed by atoms with E-state index in [1.165, 1.54) is 13.2 Å². The molecule has 0 atom stereocenters. The molecule has 0 aromatic heterocycles. The van der Waals surface area contributed by atoms with E-state index in [4.69, 9.17) is 4.74 Å². The van der Waals surface area contributed by atoms with E-state index in [0.29, 0.717) is 11.1 Å². The Bertz CT molecular complexity index is 1210. The zero-order chi connectivity index (χ0) is 23.1. The van der Waals surface area contributed by atoms with Gasteiger partial charge in [0, 0.05) is 5.56 Å². The van der Waals surface area contributed by atoms with Gasteiger partial charge >= 0.3 is 0 Å². The Balaban J connectivity index is 2.40. The van der Waals surface area contributed by atoms with Gasteiger partial charge in [-0.15, -0.1) is 0 Å². The van der Waals surface area contributed by atoms with Crippen molar-refractivity contribution in [3.05, 3.63) is 78.4 Å². The molecule has 0 aliphatic rings. The SMILES string of the molecule is COc1ccc(C(C#N)(C#N)C(C#N)C#N)c(O)c1P(c1ccccc1)c1ccccc1. The van der Waals surface area contributed by atoms with Gasteiger partial charge in [0.15, 0.2) is 5.92 Å². The Hall–Kier alpha value is -4.35. The summed E-state index contributed by atoms with van der Waals surface area (Å²) < 4.78 is 5.56. The van der Waals surface area contributed by atoms with Gasteiger partial charge in [-0.05, 0) is 30.7 Å². The van der Waals surface area contributed by atoms with E-state index in [9.17, 15) is 26.2 Å². The van der Waals surface area contributed by atoms with Crippen molar-refractivity contribution >= 4 is 23.8 Å². The lowest BCUT2D eigenvalue weighted by molar-refractivity contribution is 0.410. The molecular weight excluding hydrogens is 419 g/mol. The minimum atomic E-state index is -2.16. The molecule has 0 fully saturated rings. The fraction of sp³-hybridized carbons (Fsp3) is 0.120. The lowest BCUT2D eigenvalue weighted by Gasteiger charge is -2.27. The van der Waals surface area contributed by atoms with Crippen molar-refractivity contribution in [1.29, 1.82) is 21.0 Å². The van der Waals surface area contributed by atoms with Crippen molar-refractivity contribution in [3.63, 3.8) is 0 Å². The molecule has 0 saturated heterocycles. The number of phenols is 1. The molecule has 0 spiro atoms. The van der Waals surface area contributed by atoms with Crippen LogP contribution < -0.4 is 20.7 Å². The molecule has 154 valence electrons. The number of nitriles is 4. The van der Waals surface area contributed by atoms with Crippen LogP contribution in [-0.2, 0) is 5.41 Å². The highest BCUT2D eigenvalue weighted by molar-refractivity contribution is 7.80. The third-order valence-electron chi connectivity index (χ3n) is 5.06. The summed E-state index contributed by atoms with van der Waals surface area (Å²) in [4.78, 5) is 0. The molecule has 0 radical (unpaired) electrons. The molecule has 7 heteroatoms. The first kappa shape index (κ1) is 22.3. The van der Waals surface area contributed by atoms with E-state index in [2.05, 4.69) is 0 Å². The van der Waals surface area contributed by atoms with E-state index in [1.54, 1.807) is 18.2 Å². The highest BCUT2D eigenvalue weighted by atomic mass is 31.1. The summed E-state index contributed by atoms with van der Waals surface area (Å²) in [5.41, 5.74) is -2.26. The summed E-state index contributed by atoms with van der Waals surface area (Å²) in [5, 5.41) is 52.3. The first-order valence-electron chi connectivity index (χ1n) is 9.50. The number of nitrogens with zero attached hydrogens (tertiary/aromatic N) is 4. The number of benzene rings is 3. The Morgan fingerprint density at radius 3 is 1.72 bits per heavy atom. The monoisotopic (exact) mass is 436 g/mol. The van der Waals surface area contributed by atoms with Crippen LogP contribution in [0.25, 0.3) is 0 Å². The van der Waals surface area contributed by atoms with Crippen molar-refractivity contribution < 1.29 is 9.84 Å². The van der Waals surface area contributed by atoms with Crippen molar-refractivity contribution in [1.82, 2.24) is 0 Å². The third kappa shape index (κ3) is 3.73. The second kappa shape index (κ2) is 9.64. The second-order valence-corrected chi connectivity index (χ2v) is 8.89. The number of aromatic hydroxyl groups is 1. The number of ether oxygens (including phenoxy) is 1. The van der Waals surface area contributed by atoms with Gasteiger partial charge in [0.2, 0.25) is 5.41 Å². The standard InChI is InChI=1S/C25H17N4O2P/c1-31-22-13-12-21(25(16-28,17-29)18(14-26)15-27)23(30)24(22)32(19-8-4-2-5-9-19)20-10-6-3-7-11-20/h2-13,18,30H,1H3. The van der Waals surface area contributed by atoms with Gasteiger partial charge in [-0.2, -0.15) is 21.0 Å². The number of methoxy groups -OCH3 is 1. The minimum absolute atomic E-state index is 0.0919. The first-order valence-corrected chi connectivity index (χ1v) is 10.8. The number of hydrogen-bond acceptors (Lipinski definition) is 6. The molecule has 0 bridgehead atoms. The molecule has 1 N–H and O–H groups in total. The van der Waals surface area contributed by atoms with E-state index in [0.717, 1.165) is 10.6 Å². The average molecular weight is 436 g/mol. The maximum absolute atomic E-state index is 11.4. The molecule has 3 aromatic rings. The molecule has 0 amide bonds. The van der Waals surface area contributed by atoms with Gasteiger partial charge in [0.05, 0.1) is 36.7 Å². The van der Waals surface area contributed by atoms with Crippen LogP contribution in [0.5, 0.6) is 11.5 Å². The van der Waals surface area contributed by atoms with Crippen LogP contribution in [0, 0.1) is 51.2 Å². The first-order chi connectivity index (χ1) is 15.6. The quantitative estimate of drug-likeness (QED) is 0.592. The summed E-state index contributed by atoms with van der Waals surface area (Å²) in [6.07, 6.45) is 0. The normalized spacial score (nSPS) is 10.6. The van der Waals surface area contributed by atoms with Gasteiger partial charge in [-0.1, -0.05) is 60.7 Å². The molecule has 0 aliphatic heterocycles. The summed E-state index contributed by atoms with van der Waals surface area (Å²) in [7, 11) is 0.115. The lowest BCUT2D eigenvalue weighted by atomic mass is 9.73. The highest BCUT2D eigenvalue weighted by Crippen LogP contribution is 2.45. The predicted molar refractivity (Wildman–Crippen MR) is 121 cm³/mol. The maximum atomic E-state index is 11.4. The van der Waals surface area contributed by atoms with Gasteiger partial charge < -0.3 is 9.84 Å². The van der Waals surface area contributed by atoms with Crippen LogP contribution in [0.1, 0.15) is 5.56 Å². The molecule has 0 saturated carbocycles. The number of phenolic OH excluding ortho intramolecular Hbond substituents is 1. The molecule has 6 nitrogen and oxygen atoms in total. The summed E-state index contributed by atoms with van der Waals surface area (Å²) in [6.45, 7) is 0. The lowest BCUT2D eigenvalue weighted by Crippen LogP contribution is -2.32. The van der Waals surface area contributed by atoms with E-state index >= 15 is 0 Å². The van der Waals surface area contributed by atoms with E-state index < -0.39 is 19.3 Å². The van der Waals surface area contributed by atoms with Crippen LogP contribution in [-0.4, -0.2) is 12.2 Å². The number of hydrogen-bond donors (Lipinski definition) is 1. The summed E-state index contributed by atoms with van der Waals surface area (Å²) in [6, 6.07) is 29.0. The molecule has 0 aliphatic carbocycles. The van der Waals surface area contributed by atoms with Gasteiger partial charge in [-0.25, -0.2) is 0 Å². The largest absolute Gasteiger partial charge is 0.507 e. The third-order valence-corrected chi connectivity index (χ3v) is 7.56. The molecule has 3 aromatic carbocycles. The topological polar surface area (TPSA) is 125 Å². The maximum Gasteiger partial charge on any atom is 0.200 e. The zero-order valence-corrected chi connectivity index (χ0v) is 18.0. The van der Waals surface area contributed by atoms with Gasteiger partial charge in [-0.3, -0.25) is 0 Å². The van der Waals surface area contributed by atoms with Gasteiger partial charge in [0.1, 0.15) is 11.5 Å². The number of rotatable bonds is 6. The van der Waals surface area contributed by atoms with Crippen LogP contribution in [0.15, 0.2) is 72.8 Å². The zero-order valence-electron chi connectivity index (χ0n) is 17.1. The minimum Gasteiger partial charge on any atom is -0.507 e. The van der Waals surface area contributed by atoms with Crippen molar-refractivity contribution in [2.75, 3.05) is 7.11 Å². The van der Waals surface area contributed by atoms with E-state index in [1.807, 2.05) is 72.8 Å². The smallest absolute Gasteiger partial charge is 0.200 e. The Kier molecular flexibility index (Phi) is 6.73. The molecule has 0 unspecified atom stereocenters. The van der Waals surface area contributed by atoms with Crippen molar-refractivity contribution in [2.45, 2.75) is 5.41 Å². The van der Waals surface area contributed by atoms with E-state index in [-0.39, 0.29) is 11.3 Å². The second-order valence-electron chi connectivity index (χ2n) is 6.74. The Labute approximate surface area is 187 Å². The van der Waals surface area contributed by atoms with Crippen molar-refractivity contribution in [2.24, 2.45) is 5.92 Å². The van der Waals surface area contributed by atoms with Crippen LogP contribution in [0.2, 0.25) is 0 Å². The fourth-order valence-electron chi connectivity index (χ4n) is 3.47. The Morgan fingerprint density at radius 2 is 1.31 bits per heavy atom. The molecule has 3 rings (SSSR count). The van der Waals surface area contributed by atoms with Crippen LogP contribution in [0.3, 0.4) is 0 Å². The fourth-order valence-corrected chi connectivity index (χ4v) is 5.95. The molecule has 0 heterocycles. The van der Waals surface area contributed by atoms with Crippen LogP contribution >= 0.6 is 7.92 Å². The molecule has 32 heavy (non-hydrogen) atoms. The predicted octanol–water partition coefficient (Wildman–Crippen LogP) is 3.11. The Morgan fingerprint density at radius 1 is 0.812 bits per heavy atom. The summed E-state index contributed by atoms with van der Waals surface area (Å²) >= 11 is 0. The summed E-state index contributed by atoms with van der Waals surface area (Å²) in [5.74, 6) is -1.55. The van der Waals surface area contributed by atoms with Gasteiger partial charge in [0.25, 0.3) is 0 Å². The molecular formula is C25H17N4O2P.